The Bertz CT molecular complexity index is 1450. The number of ether oxygens (including phenoxy) is 6. The van der Waals surface area contributed by atoms with Crippen LogP contribution in [0.1, 0.15) is 147 Å². The van der Waals surface area contributed by atoms with Gasteiger partial charge in [-0.15, -0.1) is 0 Å². The number of carbonyl (C=O) groups excluding carboxylic acids is 2. The van der Waals surface area contributed by atoms with Crippen LogP contribution in [-0.4, -0.2) is 98.5 Å². The monoisotopic (exact) mass is 807 g/mol. The van der Waals surface area contributed by atoms with Gasteiger partial charge in [0.1, 0.15) is 5.78 Å². The number of hydrogen-bond donors (Lipinski definition) is 3. The van der Waals surface area contributed by atoms with Crippen molar-refractivity contribution >= 4 is 17.7 Å². The number of aliphatic carboxylic acids is 1. The predicted molar refractivity (Wildman–Crippen MR) is 213 cm³/mol. The Morgan fingerprint density at radius 2 is 1.56 bits per heavy atom. The number of aliphatic hydroxyl groups is 2. The zero-order chi connectivity index (χ0) is 42.2. The Morgan fingerprint density at radius 3 is 2.16 bits per heavy atom. The van der Waals surface area contributed by atoms with Gasteiger partial charge in [-0.3, -0.25) is 14.4 Å². The van der Waals surface area contributed by atoms with Crippen LogP contribution in [0, 0.1) is 41.4 Å². The van der Waals surface area contributed by atoms with Crippen LogP contribution in [0.25, 0.3) is 0 Å². The standard InChI is InChI=1S/C45H74O12/c1-12-31(41(49)50)33-17-16-25(5)39(53-33)29(9)37(47)28(8)38(48)32(13-2)40-26(6)24-27(7)44(55-40)21-19-35(54-36(46)14-3)45(57-44)23-22-42(11,56-45)34-18-20-43(51,15-4)30(10)52-34/h19,21,25-35,37,39-40,47,51H,12-18,20,22-24H2,1-11H3,(H,49,50)/t25-,26-,27+,28-,29-,30-,31+,32-,33+,34+,35+,37+,39+,40-,42-,43+,44-,45-/m0/s1. The minimum Gasteiger partial charge on any atom is -0.481 e. The first-order valence-corrected chi connectivity index (χ1v) is 22.2. The second-order valence-corrected chi connectivity index (χ2v) is 18.7. The molecule has 4 fully saturated rings. The van der Waals surface area contributed by atoms with Gasteiger partial charge in [0.05, 0.1) is 53.7 Å². The smallest absolute Gasteiger partial charge is 0.309 e. The van der Waals surface area contributed by atoms with E-state index in [2.05, 4.69) is 20.8 Å². The maximum absolute atomic E-state index is 14.6. The fourth-order valence-electron chi connectivity index (χ4n) is 10.8. The van der Waals surface area contributed by atoms with E-state index in [1.54, 1.807) is 13.8 Å². The fourth-order valence-corrected chi connectivity index (χ4v) is 10.8. The summed E-state index contributed by atoms with van der Waals surface area (Å²) in [6.45, 7) is 21.3. The normalized spacial score (nSPS) is 43.6. The highest BCUT2D eigenvalue weighted by Crippen LogP contribution is 2.54. The van der Waals surface area contributed by atoms with Gasteiger partial charge < -0.3 is 43.7 Å². The Kier molecular flexibility index (Phi) is 14.5. The molecule has 0 aromatic rings. The first-order chi connectivity index (χ1) is 26.7. The first kappa shape index (κ1) is 46.1. The number of carboxylic acids is 1. The van der Waals surface area contributed by atoms with Crippen LogP contribution in [0.4, 0.5) is 0 Å². The summed E-state index contributed by atoms with van der Waals surface area (Å²) >= 11 is 0. The highest BCUT2D eigenvalue weighted by atomic mass is 16.8. The fraction of sp³-hybridized carbons (Fsp3) is 0.889. The number of Topliss-reactive ketones (excluding diaryl/α,β-unsaturated/α-hetero) is 1. The van der Waals surface area contributed by atoms with Crippen molar-refractivity contribution in [2.75, 3.05) is 0 Å². The quantitative estimate of drug-likeness (QED) is 0.120. The lowest BCUT2D eigenvalue weighted by molar-refractivity contribution is -0.409. The zero-order valence-electron chi connectivity index (χ0n) is 36.5. The summed E-state index contributed by atoms with van der Waals surface area (Å²) < 4.78 is 40.1. The van der Waals surface area contributed by atoms with Crippen LogP contribution in [0.2, 0.25) is 0 Å². The van der Waals surface area contributed by atoms with E-state index >= 15 is 0 Å². The SMILES string of the molecule is CCC(=O)O[C@@H]1C=C[C@]2(O[C@H]([C@@H](CC)C(=O)[C@@H](C)[C@@H](O)[C@H](C)[C@@H]3O[C@@H]([C@@H](CC)C(=O)O)CC[C@@H]3C)[C@@H](C)C[C@H]2C)O[C@@]12CC[C@@](C)([C@H]1CC[C@](O)(CC)[C@H](C)O1)O2. The van der Waals surface area contributed by atoms with Crippen molar-refractivity contribution in [2.24, 2.45) is 41.4 Å². The van der Waals surface area contributed by atoms with Crippen molar-refractivity contribution in [1.29, 1.82) is 0 Å². The average molecular weight is 807 g/mol. The highest BCUT2D eigenvalue weighted by molar-refractivity contribution is 5.84. The molecule has 0 aliphatic carbocycles. The van der Waals surface area contributed by atoms with Gasteiger partial charge in [-0.05, 0) is 95.6 Å². The molecule has 0 aromatic carbocycles. The molecule has 57 heavy (non-hydrogen) atoms. The summed E-state index contributed by atoms with van der Waals surface area (Å²) in [6, 6.07) is 0. The van der Waals surface area contributed by atoms with E-state index < -0.39 is 76.8 Å². The molecule has 5 aliphatic heterocycles. The van der Waals surface area contributed by atoms with E-state index in [4.69, 9.17) is 28.4 Å². The molecule has 0 amide bonds. The molecule has 326 valence electrons. The van der Waals surface area contributed by atoms with E-state index in [1.165, 1.54) is 0 Å². The molecule has 5 rings (SSSR count). The van der Waals surface area contributed by atoms with Crippen molar-refractivity contribution in [3.8, 4) is 0 Å². The molecule has 0 radical (unpaired) electrons. The second-order valence-electron chi connectivity index (χ2n) is 18.7. The molecule has 18 atom stereocenters. The molecular weight excluding hydrogens is 732 g/mol. The third-order valence-corrected chi connectivity index (χ3v) is 15.0. The van der Waals surface area contributed by atoms with Gasteiger partial charge in [0.2, 0.25) is 5.79 Å². The van der Waals surface area contributed by atoms with Gasteiger partial charge in [-0.1, -0.05) is 62.3 Å². The molecule has 0 bridgehead atoms. The second kappa shape index (κ2) is 18.0. The highest BCUT2D eigenvalue weighted by Gasteiger charge is 2.64. The summed E-state index contributed by atoms with van der Waals surface area (Å²) in [4.78, 5) is 39.3. The number of hydrogen-bond acceptors (Lipinski definition) is 11. The summed E-state index contributed by atoms with van der Waals surface area (Å²) in [6.07, 6.45) is 5.73. The van der Waals surface area contributed by atoms with Crippen LogP contribution < -0.4 is 0 Å². The topological polar surface area (TPSA) is 167 Å². The van der Waals surface area contributed by atoms with Crippen LogP contribution in [0.15, 0.2) is 12.2 Å². The maximum Gasteiger partial charge on any atom is 0.309 e. The summed E-state index contributed by atoms with van der Waals surface area (Å²) in [7, 11) is 0. The molecule has 12 heteroatoms. The maximum atomic E-state index is 14.6. The third-order valence-electron chi connectivity index (χ3n) is 15.0. The lowest BCUT2D eigenvalue weighted by Gasteiger charge is -2.54. The number of carboxylic acid groups (broad SMARTS) is 1. The number of esters is 1. The van der Waals surface area contributed by atoms with Crippen LogP contribution in [0.3, 0.4) is 0 Å². The molecule has 5 aliphatic rings. The van der Waals surface area contributed by atoms with Crippen molar-refractivity contribution in [3.05, 3.63) is 12.2 Å². The van der Waals surface area contributed by atoms with Crippen LogP contribution in [-0.2, 0) is 42.8 Å². The third kappa shape index (κ3) is 8.94. The largest absolute Gasteiger partial charge is 0.481 e. The van der Waals surface area contributed by atoms with Crippen LogP contribution in [0.5, 0.6) is 0 Å². The van der Waals surface area contributed by atoms with E-state index in [9.17, 15) is 29.7 Å². The van der Waals surface area contributed by atoms with E-state index in [0.29, 0.717) is 57.8 Å². The Balaban J connectivity index is 1.37. The number of ketones is 1. The van der Waals surface area contributed by atoms with Gasteiger partial charge in [0, 0.05) is 36.5 Å². The van der Waals surface area contributed by atoms with E-state index in [-0.39, 0.29) is 54.2 Å². The summed E-state index contributed by atoms with van der Waals surface area (Å²) in [5, 5.41) is 32.8. The van der Waals surface area contributed by atoms with Crippen molar-refractivity contribution < 1.29 is 58.1 Å². The summed E-state index contributed by atoms with van der Waals surface area (Å²) in [5.41, 5.74) is -1.70. The molecule has 2 spiro atoms. The van der Waals surface area contributed by atoms with Crippen LogP contribution >= 0.6 is 0 Å². The lowest BCUT2D eigenvalue weighted by Crippen LogP contribution is -2.63. The Labute approximate surface area is 341 Å². The lowest BCUT2D eigenvalue weighted by atomic mass is 9.72. The minimum absolute atomic E-state index is 0.0152. The Hall–Kier alpha value is -1.93. The molecule has 0 unspecified atom stereocenters. The van der Waals surface area contributed by atoms with Gasteiger partial charge in [0.15, 0.2) is 11.9 Å². The van der Waals surface area contributed by atoms with E-state index in [0.717, 1.165) is 6.42 Å². The molecular formula is C45H74O12. The molecule has 3 N–H and O–H groups in total. The van der Waals surface area contributed by atoms with Crippen molar-refractivity contribution in [1.82, 2.24) is 0 Å². The minimum atomic E-state index is -1.38. The average Bonchev–Trinajstić information content (AvgIpc) is 3.52. The van der Waals surface area contributed by atoms with Gasteiger partial charge in [0.25, 0.3) is 0 Å². The number of rotatable bonds is 14. The first-order valence-electron chi connectivity index (χ1n) is 22.2. The van der Waals surface area contributed by atoms with Gasteiger partial charge >= 0.3 is 11.9 Å². The van der Waals surface area contributed by atoms with Crippen molar-refractivity contribution in [3.63, 3.8) is 0 Å². The zero-order valence-corrected chi connectivity index (χ0v) is 36.5. The van der Waals surface area contributed by atoms with E-state index in [1.807, 2.05) is 53.7 Å². The molecule has 12 nitrogen and oxygen atoms in total. The molecule has 0 saturated carbocycles. The summed E-state index contributed by atoms with van der Waals surface area (Å²) in [5.74, 6) is -6.40. The van der Waals surface area contributed by atoms with Crippen molar-refractivity contribution in [2.45, 2.75) is 212 Å². The number of carbonyl (C=O) groups is 3. The molecule has 0 aromatic heterocycles. The molecule has 5 heterocycles. The number of aliphatic hydroxyl groups excluding tert-OH is 1. The Morgan fingerprint density at radius 1 is 0.877 bits per heavy atom. The predicted octanol–water partition coefficient (Wildman–Crippen LogP) is 7.15. The van der Waals surface area contributed by atoms with Gasteiger partial charge in [-0.25, -0.2) is 0 Å². The van der Waals surface area contributed by atoms with Gasteiger partial charge in [-0.2, -0.15) is 0 Å². The molecule has 4 saturated heterocycles.